The van der Waals surface area contributed by atoms with E-state index in [2.05, 4.69) is 13.2 Å². The molecule has 1 rings (SSSR count). The van der Waals surface area contributed by atoms with Gasteiger partial charge >= 0.3 is 5.97 Å². The first-order valence-electron chi connectivity index (χ1n) is 6.91. The van der Waals surface area contributed by atoms with Crippen LogP contribution in [0.25, 0.3) is 0 Å². The predicted octanol–water partition coefficient (Wildman–Crippen LogP) is 4.27. The van der Waals surface area contributed by atoms with Gasteiger partial charge in [0.15, 0.2) is 0 Å². The fraction of sp³-hybridized carbons (Fsp3) is 0.688. The molecule has 0 spiro atoms. The zero-order chi connectivity index (χ0) is 13.8. The average Bonchev–Trinajstić information content (AvgIpc) is 2.21. The molecule has 1 fully saturated rings. The van der Waals surface area contributed by atoms with Crippen molar-refractivity contribution in [3.8, 4) is 0 Å². The molecule has 0 aliphatic heterocycles. The molecule has 1 aliphatic carbocycles. The largest absolute Gasteiger partial charge is 0.466 e. The van der Waals surface area contributed by atoms with Gasteiger partial charge in [-0.2, -0.15) is 0 Å². The highest BCUT2D eigenvalue weighted by molar-refractivity contribution is 5.79. The molecule has 0 unspecified atom stereocenters. The SMILES string of the molecule is C=C(C)CCC[C@@]1(C(=O)OCC)CC[C@H]1C(=C)C. The third-order valence-electron chi connectivity index (χ3n) is 4.05. The van der Waals surface area contributed by atoms with Crippen molar-refractivity contribution in [2.45, 2.75) is 52.9 Å². The van der Waals surface area contributed by atoms with Crippen LogP contribution in [0.4, 0.5) is 0 Å². The predicted molar refractivity (Wildman–Crippen MR) is 75.3 cm³/mol. The lowest BCUT2D eigenvalue weighted by atomic mass is 9.55. The van der Waals surface area contributed by atoms with E-state index in [4.69, 9.17) is 4.74 Å². The van der Waals surface area contributed by atoms with Crippen LogP contribution < -0.4 is 0 Å². The molecular formula is C16H26O2. The van der Waals surface area contributed by atoms with E-state index in [0.717, 1.165) is 37.7 Å². The van der Waals surface area contributed by atoms with Gasteiger partial charge in [-0.3, -0.25) is 4.79 Å². The molecular weight excluding hydrogens is 224 g/mol. The van der Waals surface area contributed by atoms with E-state index in [-0.39, 0.29) is 11.4 Å². The van der Waals surface area contributed by atoms with Crippen LogP contribution in [0, 0.1) is 11.3 Å². The Bertz CT molecular complexity index is 343. The van der Waals surface area contributed by atoms with Crippen molar-refractivity contribution < 1.29 is 9.53 Å². The Morgan fingerprint density at radius 2 is 2.06 bits per heavy atom. The molecule has 0 aromatic rings. The summed E-state index contributed by atoms with van der Waals surface area (Å²) in [6.45, 7) is 14.3. The first-order valence-corrected chi connectivity index (χ1v) is 6.91. The molecule has 0 aromatic heterocycles. The number of carbonyl (C=O) groups is 1. The Morgan fingerprint density at radius 1 is 1.39 bits per heavy atom. The molecule has 1 aliphatic rings. The summed E-state index contributed by atoms with van der Waals surface area (Å²) < 4.78 is 5.28. The van der Waals surface area contributed by atoms with Crippen LogP contribution in [0.1, 0.15) is 52.9 Å². The Balaban J connectivity index is 2.72. The van der Waals surface area contributed by atoms with Gasteiger partial charge in [-0.1, -0.05) is 17.7 Å². The molecule has 102 valence electrons. The molecule has 0 radical (unpaired) electrons. The van der Waals surface area contributed by atoms with Gasteiger partial charge < -0.3 is 4.74 Å². The normalized spacial score (nSPS) is 26.3. The van der Waals surface area contributed by atoms with E-state index >= 15 is 0 Å². The van der Waals surface area contributed by atoms with Gasteiger partial charge in [0.1, 0.15) is 0 Å². The summed E-state index contributed by atoms with van der Waals surface area (Å²) in [6.07, 6.45) is 4.92. The third-order valence-corrected chi connectivity index (χ3v) is 4.05. The summed E-state index contributed by atoms with van der Waals surface area (Å²) in [7, 11) is 0. The van der Waals surface area contributed by atoms with E-state index in [1.165, 1.54) is 5.57 Å². The van der Waals surface area contributed by atoms with Gasteiger partial charge in [0.25, 0.3) is 0 Å². The quantitative estimate of drug-likeness (QED) is 0.498. The maximum atomic E-state index is 12.3. The molecule has 0 aromatic carbocycles. The minimum atomic E-state index is -0.294. The van der Waals surface area contributed by atoms with Gasteiger partial charge in [-0.05, 0) is 58.8 Å². The van der Waals surface area contributed by atoms with Crippen molar-refractivity contribution >= 4 is 5.97 Å². The topological polar surface area (TPSA) is 26.3 Å². The number of allylic oxidation sites excluding steroid dienone is 2. The van der Waals surface area contributed by atoms with Gasteiger partial charge in [-0.25, -0.2) is 0 Å². The van der Waals surface area contributed by atoms with Gasteiger partial charge in [0.05, 0.1) is 12.0 Å². The number of hydrogen-bond donors (Lipinski definition) is 0. The van der Waals surface area contributed by atoms with E-state index in [9.17, 15) is 4.79 Å². The molecule has 0 N–H and O–H groups in total. The monoisotopic (exact) mass is 250 g/mol. The van der Waals surface area contributed by atoms with Crippen LogP contribution in [0.2, 0.25) is 0 Å². The summed E-state index contributed by atoms with van der Waals surface area (Å²) in [5.74, 6) is 0.285. The molecule has 0 saturated heterocycles. The van der Waals surface area contributed by atoms with Gasteiger partial charge in [-0.15, -0.1) is 6.58 Å². The smallest absolute Gasteiger partial charge is 0.312 e. The third kappa shape index (κ3) is 3.04. The number of esters is 1. The van der Waals surface area contributed by atoms with E-state index in [1.54, 1.807) is 0 Å². The second kappa shape index (κ2) is 6.21. The fourth-order valence-corrected chi connectivity index (χ4v) is 2.98. The number of rotatable bonds is 7. The van der Waals surface area contributed by atoms with E-state index in [0.29, 0.717) is 12.5 Å². The second-order valence-electron chi connectivity index (χ2n) is 5.62. The highest BCUT2D eigenvalue weighted by Gasteiger charge is 2.53. The number of ether oxygens (including phenoxy) is 1. The molecule has 1 saturated carbocycles. The number of hydrogen-bond acceptors (Lipinski definition) is 2. The molecule has 0 bridgehead atoms. The van der Waals surface area contributed by atoms with Crippen LogP contribution in [-0.4, -0.2) is 12.6 Å². The molecule has 2 atom stereocenters. The lowest BCUT2D eigenvalue weighted by Crippen LogP contribution is -2.48. The minimum absolute atomic E-state index is 0.0223. The number of carbonyl (C=O) groups excluding carboxylic acids is 1. The summed E-state index contributed by atoms with van der Waals surface area (Å²) in [5.41, 5.74) is 2.00. The first kappa shape index (κ1) is 15.0. The van der Waals surface area contributed by atoms with Crippen LogP contribution in [0.15, 0.2) is 24.3 Å². The second-order valence-corrected chi connectivity index (χ2v) is 5.62. The highest BCUT2D eigenvalue weighted by atomic mass is 16.5. The van der Waals surface area contributed by atoms with Crippen LogP contribution in [0.3, 0.4) is 0 Å². The van der Waals surface area contributed by atoms with Crippen LogP contribution >= 0.6 is 0 Å². The molecule has 0 amide bonds. The summed E-state index contributed by atoms with van der Waals surface area (Å²) in [5, 5.41) is 0. The maximum Gasteiger partial charge on any atom is 0.312 e. The maximum absolute atomic E-state index is 12.3. The molecule has 18 heavy (non-hydrogen) atoms. The molecule has 2 nitrogen and oxygen atoms in total. The van der Waals surface area contributed by atoms with Crippen molar-refractivity contribution in [1.29, 1.82) is 0 Å². The fourth-order valence-electron chi connectivity index (χ4n) is 2.98. The van der Waals surface area contributed by atoms with Crippen molar-refractivity contribution in [2.24, 2.45) is 11.3 Å². The summed E-state index contributed by atoms with van der Waals surface area (Å²) in [6, 6.07) is 0. The van der Waals surface area contributed by atoms with E-state index in [1.807, 2.05) is 20.8 Å². The Hall–Kier alpha value is -1.05. The average molecular weight is 250 g/mol. The lowest BCUT2D eigenvalue weighted by Gasteiger charge is -2.48. The minimum Gasteiger partial charge on any atom is -0.466 e. The molecule has 0 heterocycles. The van der Waals surface area contributed by atoms with Crippen molar-refractivity contribution in [1.82, 2.24) is 0 Å². The molecule has 2 heteroatoms. The standard InChI is InChI=1S/C16H26O2/c1-6-18-15(17)16(10-7-8-12(2)3)11-9-14(16)13(4)5/h14H,2,4,6-11H2,1,3,5H3/t14-,16+/m0/s1. The first-order chi connectivity index (χ1) is 8.44. The zero-order valence-electron chi connectivity index (χ0n) is 12.1. The van der Waals surface area contributed by atoms with Crippen LogP contribution in [-0.2, 0) is 9.53 Å². The summed E-state index contributed by atoms with van der Waals surface area (Å²) >= 11 is 0. The van der Waals surface area contributed by atoms with E-state index < -0.39 is 0 Å². The summed E-state index contributed by atoms with van der Waals surface area (Å²) in [4.78, 5) is 12.3. The van der Waals surface area contributed by atoms with Gasteiger partial charge in [0, 0.05) is 0 Å². The van der Waals surface area contributed by atoms with Crippen molar-refractivity contribution in [2.75, 3.05) is 6.61 Å². The Labute approximate surface area is 111 Å². The van der Waals surface area contributed by atoms with Crippen molar-refractivity contribution in [3.63, 3.8) is 0 Å². The Kier molecular flexibility index (Phi) is 5.18. The zero-order valence-corrected chi connectivity index (χ0v) is 12.1. The van der Waals surface area contributed by atoms with Gasteiger partial charge in [0.2, 0.25) is 0 Å². The lowest BCUT2D eigenvalue weighted by molar-refractivity contribution is -0.166. The van der Waals surface area contributed by atoms with Crippen LogP contribution in [0.5, 0.6) is 0 Å². The highest BCUT2D eigenvalue weighted by Crippen LogP contribution is 2.54. The Morgan fingerprint density at radius 3 is 2.44 bits per heavy atom. The van der Waals surface area contributed by atoms with Crippen molar-refractivity contribution in [3.05, 3.63) is 24.3 Å².